The zero-order valence-corrected chi connectivity index (χ0v) is 6.96. The van der Waals surface area contributed by atoms with E-state index in [0.29, 0.717) is 0 Å². The van der Waals surface area contributed by atoms with E-state index < -0.39 is 0 Å². The van der Waals surface area contributed by atoms with Crippen LogP contribution in [0.2, 0.25) is 0 Å². The highest BCUT2D eigenvalue weighted by atomic mass is 32.1. The zero-order chi connectivity index (χ0) is 8.10. The SMILES string of the molecule is O/C=C/c1ccc(CS)cc1. The Kier molecular flexibility index (Phi) is 3.05. The third-order valence-electron chi connectivity index (χ3n) is 1.43. The van der Waals surface area contributed by atoms with E-state index in [-0.39, 0.29) is 0 Å². The molecule has 0 aliphatic heterocycles. The van der Waals surface area contributed by atoms with E-state index in [9.17, 15) is 0 Å². The van der Waals surface area contributed by atoms with Gasteiger partial charge in [0.15, 0.2) is 0 Å². The summed E-state index contributed by atoms with van der Waals surface area (Å²) >= 11 is 4.13. The van der Waals surface area contributed by atoms with Crippen molar-refractivity contribution in [3.63, 3.8) is 0 Å². The predicted octanol–water partition coefficient (Wildman–Crippen LogP) is 2.65. The first-order valence-electron chi connectivity index (χ1n) is 3.37. The van der Waals surface area contributed by atoms with E-state index in [1.807, 2.05) is 24.3 Å². The Morgan fingerprint density at radius 1 is 1.27 bits per heavy atom. The molecule has 1 nitrogen and oxygen atoms in total. The molecule has 0 unspecified atom stereocenters. The van der Waals surface area contributed by atoms with Crippen LogP contribution >= 0.6 is 12.6 Å². The van der Waals surface area contributed by atoms with Gasteiger partial charge in [0.2, 0.25) is 0 Å². The minimum absolute atomic E-state index is 0.753. The van der Waals surface area contributed by atoms with Crippen molar-refractivity contribution in [2.45, 2.75) is 5.75 Å². The molecule has 0 bridgehead atoms. The van der Waals surface area contributed by atoms with Gasteiger partial charge in [0, 0.05) is 5.75 Å². The monoisotopic (exact) mass is 166 g/mol. The van der Waals surface area contributed by atoms with Crippen molar-refractivity contribution in [2.75, 3.05) is 0 Å². The molecule has 1 rings (SSSR count). The number of aliphatic hydroxyl groups excluding tert-OH is 1. The fraction of sp³-hybridized carbons (Fsp3) is 0.111. The Morgan fingerprint density at radius 2 is 1.91 bits per heavy atom. The van der Waals surface area contributed by atoms with Crippen LogP contribution in [0, 0.1) is 0 Å². The summed E-state index contributed by atoms with van der Waals surface area (Å²) < 4.78 is 0. The van der Waals surface area contributed by atoms with E-state index >= 15 is 0 Å². The number of hydrogen-bond donors (Lipinski definition) is 2. The standard InChI is InChI=1S/C9H10OS/c10-6-5-8-1-3-9(7-11)4-2-8/h1-6,10-11H,7H2/b6-5+. The molecule has 0 atom stereocenters. The third-order valence-corrected chi connectivity index (χ3v) is 1.79. The van der Waals surface area contributed by atoms with E-state index in [1.54, 1.807) is 6.08 Å². The molecule has 0 spiro atoms. The molecule has 0 radical (unpaired) electrons. The fourth-order valence-electron chi connectivity index (χ4n) is 0.820. The molecular formula is C9H10OS. The summed E-state index contributed by atoms with van der Waals surface area (Å²) in [5.41, 5.74) is 2.18. The van der Waals surface area contributed by atoms with Crippen molar-refractivity contribution in [2.24, 2.45) is 0 Å². The van der Waals surface area contributed by atoms with Crippen molar-refractivity contribution in [3.05, 3.63) is 41.7 Å². The van der Waals surface area contributed by atoms with Gasteiger partial charge in [-0.15, -0.1) is 0 Å². The van der Waals surface area contributed by atoms with Gasteiger partial charge in [-0.2, -0.15) is 12.6 Å². The topological polar surface area (TPSA) is 20.2 Å². The summed E-state index contributed by atoms with van der Waals surface area (Å²) in [6.07, 6.45) is 2.68. The zero-order valence-electron chi connectivity index (χ0n) is 6.07. The smallest absolute Gasteiger partial charge is 0.0797 e. The van der Waals surface area contributed by atoms with Crippen LogP contribution in [0.1, 0.15) is 11.1 Å². The highest BCUT2D eigenvalue weighted by molar-refractivity contribution is 7.79. The summed E-state index contributed by atoms with van der Waals surface area (Å²) in [5.74, 6) is 0.753. The number of benzene rings is 1. The van der Waals surface area contributed by atoms with E-state index in [0.717, 1.165) is 17.6 Å². The second-order valence-electron chi connectivity index (χ2n) is 2.22. The molecule has 1 aromatic rings. The number of aliphatic hydroxyl groups is 1. The van der Waals surface area contributed by atoms with Gasteiger partial charge in [0.05, 0.1) is 6.26 Å². The second-order valence-corrected chi connectivity index (χ2v) is 2.53. The average Bonchev–Trinajstić information content (AvgIpc) is 2.07. The second kappa shape index (κ2) is 4.09. The Bertz CT molecular complexity index is 238. The quantitative estimate of drug-likeness (QED) is 0.511. The minimum atomic E-state index is 0.753. The first kappa shape index (κ1) is 8.21. The fourth-order valence-corrected chi connectivity index (χ4v) is 1.03. The molecule has 11 heavy (non-hydrogen) atoms. The van der Waals surface area contributed by atoms with Crippen molar-refractivity contribution >= 4 is 18.7 Å². The summed E-state index contributed by atoms with van der Waals surface area (Å²) in [4.78, 5) is 0. The first-order chi connectivity index (χ1) is 5.36. The van der Waals surface area contributed by atoms with Gasteiger partial charge in [0.25, 0.3) is 0 Å². The molecule has 0 saturated heterocycles. The van der Waals surface area contributed by atoms with E-state index in [4.69, 9.17) is 5.11 Å². The molecule has 58 valence electrons. The summed E-state index contributed by atoms with van der Waals surface area (Å²) in [5, 5.41) is 8.45. The number of thiol groups is 1. The van der Waals surface area contributed by atoms with Crippen LogP contribution in [0.5, 0.6) is 0 Å². The minimum Gasteiger partial charge on any atom is -0.516 e. The lowest BCUT2D eigenvalue weighted by Gasteiger charge is -1.95. The number of rotatable bonds is 2. The molecule has 0 fully saturated rings. The average molecular weight is 166 g/mol. The van der Waals surface area contributed by atoms with Gasteiger partial charge < -0.3 is 5.11 Å². The molecule has 1 aromatic carbocycles. The van der Waals surface area contributed by atoms with Crippen LogP contribution in [0.15, 0.2) is 30.5 Å². The summed E-state index contributed by atoms with van der Waals surface area (Å²) in [7, 11) is 0. The van der Waals surface area contributed by atoms with Crippen LogP contribution in [-0.2, 0) is 5.75 Å². The lowest BCUT2D eigenvalue weighted by molar-refractivity contribution is 0.478. The summed E-state index contributed by atoms with van der Waals surface area (Å²) in [6, 6.07) is 7.86. The normalized spacial score (nSPS) is 10.6. The van der Waals surface area contributed by atoms with Gasteiger partial charge in [-0.3, -0.25) is 0 Å². The largest absolute Gasteiger partial charge is 0.516 e. The van der Waals surface area contributed by atoms with Crippen LogP contribution in [0.3, 0.4) is 0 Å². The van der Waals surface area contributed by atoms with Crippen LogP contribution in [-0.4, -0.2) is 5.11 Å². The van der Waals surface area contributed by atoms with E-state index in [1.165, 1.54) is 5.56 Å². The van der Waals surface area contributed by atoms with Crippen LogP contribution < -0.4 is 0 Å². The molecule has 0 saturated carbocycles. The first-order valence-corrected chi connectivity index (χ1v) is 4.00. The Morgan fingerprint density at radius 3 is 2.36 bits per heavy atom. The molecule has 0 aliphatic rings. The van der Waals surface area contributed by atoms with Crippen molar-refractivity contribution in [3.8, 4) is 0 Å². The third kappa shape index (κ3) is 2.31. The van der Waals surface area contributed by atoms with Crippen molar-refractivity contribution in [1.29, 1.82) is 0 Å². The maximum atomic E-state index is 8.45. The van der Waals surface area contributed by atoms with Crippen LogP contribution in [0.25, 0.3) is 6.08 Å². The molecule has 0 aromatic heterocycles. The predicted molar refractivity (Wildman–Crippen MR) is 50.8 cm³/mol. The lowest BCUT2D eigenvalue weighted by atomic mass is 10.1. The maximum Gasteiger partial charge on any atom is 0.0797 e. The Labute approximate surface area is 71.8 Å². The van der Waals surface area contributed by atoms with E-state index in [2.05, 4.69) is 12.6 Å². The molecule has 1 N–H and O–H groups in total. The molecule has 2 heteroatoms. The van der Waals surface area contributed by atoms with Gasteiger partial charge in [-0.25, -0.2) is 0 Å². The van der Waals surface area contributed by atoms with Gasteiger partial charge in [-0.05, 0) is 17.2 Å². The van der Waals surface area contributed by atoms with Crippen LogP contribution in [0.4, 0.5) is 0 Å². The van der Waals surface area contributed by atoms with Crippen molar-refractivity contribution < 1.29 is 5.11 Å². The molecular weight excluding hydrogens is 156 g/mol. The number of hydrogen-bond acceptors (Lipinski definition) is 2. The summed E-state index contributed by atoms with van der Waals surface area (Å²) in [6.45, 7) is 0. The molecule has 0 aliphatic carbocycles. The molecule has 0 heterocycles. The van der Waals surface area contributed by atoms with Gasteiger partial charge in [-0.1, -0.05) is 24.3 Å². The maximum absolute atomic E-state index is 8.45. The van der Waals surface area contributed by atoms with Gasteiger partial charge in [0.1, 0.15) is 0 Å². The Balaban J connectivity index is 2.82. The van der Waals surface area contributed by atoms with Crippen molar-refractivity contribution in [1.82, 2.24) is 0 Å². The lowest BCUT2D eigenvalue weighted by Crippen LogP contribution is -1.77. The highest BCUT2D eigenvalue weighted by Crippen LogP contribution is 2.07. The Hall–Kier alpha value is -0.890. The van der Waals surface area contributed by atoms with Gasteiger partial charge >= 0.3 is 0 Å². The molecule has 0 amide bonds. The highest BCUT2D eigenvalue weighted by Gasteiger charge is 1.87.